The summed E-state index contributed by atoms with van der Waals surface area (Å²) < 4.78 is 29.4. The summed E-state index contributed by atoms with van der Waals surface area (Å²) in [6.45, 7) is 3.19. The molecule has 4 rings (SSSR count). The molecule has 1 amide bonds. The number of anilines is 1. The molecule has 1 fully saturated rings. The fourth-order valence-corrected chi connectivity index (χ4v) is 5.19. The van der Waals surface area contributed by atoms with Gasteiger partial charge in [-0.15, -0.1) is 4.40 Å². The molecule has 0 saturated carbocycles. The van der Waals surface area contributed by atoms with E-state index in [4.69, 9.17) is 0 Å². The number of aryl methyl sites for hydroxylation is 1. The van der Waals surface area contributed by atoms with Crippen molar-refractivity contribution in [3.8, 4) is 0 Å². The predicted molar refractivity (Wildman–Crippen MR) is 112 cm³/mol. The normalized spacial score (nSPS) is 18.5. The fraction of sp³-hybridized carbons (Fsp3) is 0.300. The van der Waals surface area contributed by atoms with E-state index < -0.39 is 10.0 Å². The number of amides is 1. The number of likely N-dealkylation sites (tertiary alicyclic amines) is 1. The Kier molecular flexibility index (Phi) is 5.01. The molecule has 0 atom stereocenters. The van der Waals surface area contributed by atoms with Gasteiger partial charge < -0.3 is 10.2 Å². The molecular weight excluding hydrogens is 442 g/mol. The van der Waals surface area contributed by atoms with Crippen molar-refractivity contribution in [2.45, 2.75) is 24.7 Å². The second-order valence-electron chi connectivity index (χ2n) is 7.10. The molecule has 6 nitrogen and oxygen atoms in total. The Morgan fingerprint density at radius 1 is 1.18 bits per heavy atom. The molecule has 2 aliphatic heterocycles. The number of hydrogen-bond donors (Lipinski definition) is 1. The van der Waals surface area contributed by atoms with Crippen LogP contribution in [0.4, 0.5) is 5.69 Å². The molecule has 0 radical (unpaired) electrons. The Balaban J connectivity index is 1.42. The van der Waals surface area contributed by atoms with Gasteiger partial charge in [0.2, 0.25) is 5.91 Å². The maximum atomic E-state index is 12.6. The molecule has 146 valence electrons. The summed E-state index contributed by atoms with van der Waals surface area (Å²) in [7, 11) is -3.62. The van der Waals surface area contributed by atoms with Gasteiger partial charge in [0, 0.05) is 34.7 Å². The number of sulfonamides is 1. The standard InChI is InChI=1S/C20H20BrN3O3S/c1-13-6-7-15(12-17(13)21)22-20(25)14-8-10-24(11-9-14)19-16-4-2-3-5-18(16)28(26,27)23-19/h2-7,12,14H,8-11H2,1H3,(H,22,25). The summed E-state index contributed by atoms with van der Waals surface area (Å²) in [5, 5.41) is 2.98. The van der Waals surface area contributed by atoms with Gasteiger partial charge in [0.05, 0.1) is 0 Å². The maximum Gasteiger partial charge on any atom is 0.285 e. The van der Waals surface area contributed by atoms with Gasteiger partial charge in [-0.05, 0) is 49.6 Å². The molecule has 8 heteroatoms. The van der Waals surface area contributed by atoms with Crippen LogP contribution in [-0.4, -0.2) is 38.2 Å². The number of benzene rings is 2. The number of nitrogens with zero attached hydrogens (tertiary/aromatic N) is 2. The van der Waals surface area contributed by atoms with Crippen molar-refractivity contribution < 1.29 is 13.2 Å². The number of carbonyl (C=O) groups is 1. The lowest BCUT2D eigenvalue weighted by molar-refractivity contribution is -0.120. The van der Waals surface area contributed by atoms with E-state index in [9.17, 15) is 13.2 Å². The highest BCUT2D eigenvalue weighted by molar-refractivity contribution is 9.10. The summed E-state index contributed by atoms with van der Waals surface area (Å²) in [6, 6.07) is 12.6. The van der Waals surface area contributed by atoms with Crippen LogP contribution in [-0.2, 0) is 14.8 Å². The summed E-state index contributed by atoms with van der Waals surface area (Å²) >= 11 is 3.48. The Hall–Kier alpha value is -2.19. The summed E-state index contributed by atoms with van der Waals surface area (Å²) in [5.41, 5.74) is 2.53. The molecule has 0 bridgehead atoms. The van der Waals surface area contributed by atoms with Gasteiger partial charge in [0.1, 0.15) is 4.90 Å². The Morgan fingerprint density at radius 2 is 1.89 bits per heavy atom. The third-order valence-corrected chi connectivity index (χ3v) is 7.40. The monoisotopic (exact) mass is 461 g/mol. The van der Waals surface area contributed by atoms with Crippen LogP contribution in [0.5, 0.6) is 0 Å². The lowest BCUT2D eigenvalue weighted by atomic mass is 9.95. The summed E-state index contributed by atoms with van der Waals surface area (Å²) in [6.07, 6.45) is 1.31. The highest BCUT2D eigenvalue weighted by Crippen LogP contribution is 2.30. The van der Waals surface area contributed by atoms with Crippen LogP contribution in [0.25, 0.3) is 0 Å². The van der Waals surface area contributed by atoms with E-state index in [0.717, 1.165) is 15.7 Å². The van der Waals surface area contributed by atoms with E-state index in [2.05, 4.69) is 25.6 Å². The third kappa shape index (κ3) is 3.58. The van der Waals surface area contributed by atoms with Gasteiger partial charge in [-0.1, -0.05) is 34.1 Å². The highest BCUT2D eigenvalue weighted by Gasteiger charge is 2.34. The van der Waals surface area contributed by atoms with Crippen molar-refractivity contribution in [1.29, 1.82) is 0 Å². The van der Waals surface area contributed by atoms with Crippen molar-refractivity contribution in [3.63, 3.8) is 0 Å². The lowest BCUT2D eigenvalue weighted by Gasteiger charge is -2.32. The van der Waals surface area contributed by atoms with Gasteiger partial charge in [-0.3, -0.25) is 4.79 Å². The van der Waals surface area contributed by atoms with Crippen LogP contribution in [0.2, 0.25) is 0 Å². The first-order chi connectivity index (χ1) is 13.3. The topological polar surface area (TPSA) is 78.8 Å². The van der Waals surface area contributed by atoms with Gasteiger partial charge in [-0.25, -0.2) is 0 Å². The van der Waals surface area contributed by atoms with E-state index in [1.165, 1.54) is 0 Å². The first-order valence-corrected chi connectivity index (χ1v) is 11.3. The number of piperidine rings is 1. The zero-order valence-corrected chi connectivity index (χ0v) is 17.8. The molecule has 2 aromatic rings. The largest absolute Gasteiger partial charge is 0.355 e. The van der Waals surface area contributed by atoms with Gasteiger partial charge in [0.25, 0.3) is 10.0 Å². The molecular formula is C20H20BrN3O3S. The molecule has 1 N–H and O–H groups in total. The first-order valence-electron chi connectivity index (χ1n) is 9.11. The SMILES string of the molecule is Cc1ccc(NC(=O)C2CCN(C3=NS(=O)(=O)c4ccccc43)CC2)cc1Br. The molecule has 2 heterocycles. The molecule has 0 spiro atoms. The van der Waals surface area contributed by atoms with Crippen molar-refractivity contribution in [3.05, 3.63) is 58.1 Å². The quantitative estimate of drug-likeness (QED) is 0.741. The first kappa shape index (κ1) is 19.1. The minimum atomic E-state index is -3.62. The van der Waals surface area contributed by atoms with Gasteiger partial charge >= 0.3 is 0 Å². The highest BCUT2D eigenvalue weighted by atomic mass is 79.9. The second-order valence-corrected chi connectivity index (χ2v) is 9.53. The van der Waals surface area contributed by atoms with E-state index in [-0.39, 0.29) is 16.7 Å². The van der Waals surface area contributed by atoms with E-state index in [0.29, 0.717) is 37.3 Å². The van der Waals surface area contributed by atoms with Crippen LogP contribution in [0.1, 0.15) is 24.0 Å². The van der Waals surface area contributed by atoms with Crippen LogP contribution >= 0.6 is 15.9 Å². The number of hydrogen-bond acceptors (Lipinski definition) is 4. The number of fused-ring (bicyclic) bond motifs is 1. The van der Waals surface area contributed by atoms with E-state index in [1.54, 1.807) is 18.2 Å². The maximum absolute atomic E-state index is 12.6. The van der Waals surface area contributed by atoms with Crippen molar-refractivity contribution in [2.75, 3.05) is 18.4 Å². The average molecular weight is 462 g/mol. The minimum absolute atomic E-state index is 0.00298. The Labute approximate surface area is 172 Å². The van der Waals surface area contributed by atoms with Crippen molar-refractivity contribution in [2.24, 2.45) is 10.3 Å². The summed E-state index contributed by atoms with van der Waals surface area (Å²) in [4.78, 5) is 14.8. The zero-order chi connectivity index (χ0) is 19.9. The average Bonchev–Trinajstić information content (AvgIpc) is 2.96. The molecule has 0 aliphatic carbocycles. The summed E-state index contributed by atoms with van der Waals surface area (Å²) in [5.74, 6) is 0.388. The minimum Gasteiger partial charge on any atom is -0.355 e. The fourth-order valence-electron chi connectivity index (χ4n) is 3.58. The molecule has 1 saturated heterocycles. The van der Waals surface area contributed by atoms with Crippen LogP contribution in [0, 0.1) is 12.8 Å². The van der Waals surface area contributed by atoms with Crippen molar-refractivity contribution in [1.82, 2.24) is 4.90 Å². The second kappa shape index (κ2) is 7.33. The van der Waals surface area contributed by atoms with Crippen LogP contribution in [0.15, 0.2) is 56.2 Å². The van der Waals surface area contributed by atoms with Crippen LogP contribution < -0.4 is 5.32 Å². The van der Waals surface area contributed by atoms with E-state index in [1.807, 2.05) is 36.1 Å². The molecule has 0 aromatic heterocycles. The predicted octanol–water partition coefficient (Wildman–Crippen LogP) is 3.56. The van der Waals surface area contributed by atoms with Gasteiger partial charge in [-0.2, -0.15) is 8.42 Å². The Bertz CT molecular complexity index is 1070. The molecule has 2 aromatic carbocycles. The zero-order valence-electron chi connectivity index (χ0n) is 15.4. The smallest absolute Gasteiger partial charge is 0.285 e. The molecule has 28 heavy (non-hydrogen) atoms. The molecule has 0 unspecified atom stereocenters. The lowest BCUT2D eigenvalue weighted by Crippen LogP contribution is -2.41. The number of carbonyl (C=O) groups excluding carboxylic acids is 1. The van der Waals surface area contributed by atoms with Gasteiger partial charge in [0.15, 0.2) is 5.84 Å². The molecule has 2 aliphatic rings. The van der Waals surface area contributed by atoms with Crippen LogP contribution in [0.3, 0.4) is 0 Å². The Morgan fingerprint density at radius 3 is 2.61 bits per heavy atom. The number of halogens is 1. The number of amidine groups is 1. The third-order valence-electron chi connectivity index (χ3n) is 5.22. The van der Waals surface area contributed by atoms with Crippen molar-refractivity contribution >= 4 is 43.4 Å². The number of nitrogens with one attached hydrogen (secondary N) is 1. The number of rotatable bonds is 2. The van der Waals surface area contributed by atoms with E-state index >= 15 is 0 Å².